The van der Waals surface area contributed by atoms with Gasteiger partial charge in [-0.15, -0.1) is 0 Å². The van der Waals surface area contributed by atoms with Crippen LogP contribution >= 0.6 is 11.8 Å². The SMILES string of the molecule is CSC1(CNc2ccc(C#N)cn2)CCCCC1. The molecule has 18 heavy (non-hydrogen) atoms. The van der Waals surface area contributed by atoms with Gasteiger partial charge in [0.1, 0.15) is 11.9 Å². The largest absolute Gasteiger partial charge is 0.369 e. The molecule has 1 aliphatic carbocycles. The van der Waals surface area contributed by atoms with Crippen molar-refractivity contribution in [1.29, 1.82) is 5.26 Å². The molecule has 0 atom stereocenters. The zero-order chi connectivity index (χ0) is 12.8. The fourth-order valence-corrected chi connectivity index (χ4v) is 3.38. The van der Waals surface area contributed by atoms with Crippen LogP contribution in [0.25, 0.3) is 0 Å². The summed E-state index contributed by atoms with van der Waals surface area (Å²) in [6, 6.07) is 5.78. The molecule has 2 rings (SSSR count). The first kappa shape index (κ1) is 13.2. The molecule has 0 radical (unpaired) electrons. The van der Waals surface area contributed by atoms with Gasteiger partial charge in [-0.25, -0.2) is 4.98 Å². The van der Waals surface area contributed by atoms with E-state index in [2.05, 4.69) is 22.6 Å². The van der Waals surface area contributed by atoms with Gasteiger partial charge in [0.25, 0.3) is 0 Å². The number of nitrogens with one attached hydrogen (secondary N) is 1. The third-order valence-electron chi connectivity index (χ3n) is 3.68. The minimum Gasteiger partial charge on any atom is -0.369 e. The normalized spacial score (nSPS) is 18.0. The van der Waals surface area contributed by atoms with Gasteiger partial charge in [-0.2, -0.15) is 17.0 Å². The molecule has 1 aromatic heterocycles. The van der Waals surface area contributed by atoms with Crippen molar-refractivity contribution in [1.82, 2.24) is 4.98 Å². The van der Waals surface area contributed by atoms with Crippen LogP contribution in [0, 0.1) is 11.3 Å². The monoisotopic (exact) mass is 261 g/mol. The minimum atomic E-state index is 0.369. The third kappa shape index (κ3) is 3.17. The lowest BCUT2D eigenvalue weighted by molar-refractivity contribution is 0.411. The first-order valence-corrected chi connectivity index (χ1v) is 7.66. The Morgan fingerprint density at radius 2 is 2.17 bits per heavy atom. The van der Waals surface area contributed by atoms with Gasteiger partial charge < -0.3 is 5.32 Å². The highest BCUT2D eigenvalue weighted by molar-refractivity contribution is 8.00. The van der Waals surface area contributed by atoms with E-state index in [0.29, 0.717) is 10.3 Å². The Bertz CT molecular complexity index is 416. The number of aromatic nitrogens is 1. The molecule has 4 heteroatoms. The lowest BCUT2D eigenvalue weighted by atomic mass is 9.88. The number of hydrogen-bond donors (Lipinski definition) is 1. The summed E-state index contributed by atoms with van der Waals surface area (Å²) in [6.07, 6.45) is 10.5. The number of nitrogens with zero attached hydrogens (tertiary/aromatic N) is 2. The van der Waals surface area contributed by atoms with Crippen molar-refractivity contribution >= 4 is 17.6 Å². The summed E-state index contributed by atoms with van der Waals surface area (Å²) < 4.78 is 0.369. The van der Waals surface area contributed by atoms with Crippen LogP contribution in [0.15, 0.2) is 18.3 Å². The summed E-state index contributed by atoms with van der Waals surface area (Å²) in [5, 5.41) is 12.1. The minimum absolute atomic E-state index is 0.369. The quantitative estimate of drug-likeness (QED) is 0.902. The molecule has 0 aliphatic heterocycles. The molecule has 3 nitrogen and oxygen atoms in total. The van der Waals surface area contributed by atoms with Crippen molar-refractivity contribution < 1.29 is 0 Å². The Labute approximate surface area is 113 Å². The van der Waals surface area contributed by atoms with E-state index in [1.807, 2.05) is 23.9 Å². The summed E-state index contributed by atoms with van der Waals surface area (Å²) in [4.78, 5) is 4.26. The van der Waals surface area contributed by atoms with Crippen LogP contribution in [-0.4, -0.2) is 22.5 Å². The predicted octanol–water partition coefficient (Wildman–Crippen LogP) is 3.43. The Balaban J connectivity index is 1.94. The highest BCUT2D eigenvalue weighted by atomic mass is 32.2. The van der Waals surface area contributed by atoms with Gasteiger partial charge in [0, 0.05) is 17.5 Å². The second-order valence-electron chi connectivity index (χ2n) is 4.85. The average Bonchev–Trinajstić information content (AvgIpc) is 2.47. The molecular formula is C14H19N3S. The van der Waals surface area contributed by atoms with E-state index in [1.165, 1.54) is 32.1 Å². The van der Waals surface area contributed by atoms with E-state index in [-0.39, 0.29) is 0 Å². The smallest absolute Gasteiger partial charge is 0.126 e. The molecule has 0 unspecified atom stereocenters. The Hall–Kier alpha value is -1.21. The van der Waals surface area contributed by atoms with Crippen LogP contribution < -0.4 is 5.32 Å². The number of rotatable bonds is 4. The molecule has 1 heterocycles. The van der Waals surface area contributed by atoms with Crippen LogP contribution in [0.1, 0.15) is 37.7 Å². The first-order valence-electron chi connectivity index (χ1n) is 6.43. The van der Waals surface area contributed by atoms with Crippen molar-refractivity contribution in [2.45, 2.75) is 36.9 Å². The highest BCUT2D eigenvalue weighted by Crippen LogP contribution is 2.38. The summed E-state index contributed by atoms with van der Waals surface area (Å²) in [5.41, 5.74) is 0.609. The molecule has 0 spiro atoms. The lowest BCUT2D eigenvalue weighted by Crippen LogP contribution is -2.35. The van der Waals surface area contributed by atoms with Crippen LogP contribution in [0.2, 0.25) is 0 Å². The third-order valence-corrected chi connectivity index (χ3v) is 5.10. The summed E-state index contributed by atoms with van der Waals surface area (Å²) >= 11 is 1.98. The van der Waals surface area contributed by atoms with Crippen molar-refractivity contribution in [3.05, 3.63) is 23.9 Å². The van der Waals surface area contributed by atoms with Gasteiger partial charge >= 0.3 is 0 Å². The number of pyridine rings is 1. The maximum Gasteiger partial charge on any atom is 0.126 e. The fourth-order valence-electron chi connectivity index (χ4n) is 2.47. The van der Waals surface area contributed by atoms with Crippen molar-refractivity contribution in [2.24, 2.45) is 0 Å². The Morgan fingerprint density at radius 1 is 1.39 bits per heavy atom. The molecular weight excluding hydrogens is 242 g/mol. The zero-order valence-electron chi connectivity index (χ0n) is 10.8. The van der Waals surface area contributed by atoms with Crippen LogP contribution in [0.3, 0.4) is 0 Å². The number of hydrogen-bond acceptors (Lipinski definition) is 4. The average molecular weight is 261 g/mol. The van der Waals surface area contributed by atoms with E-state index in [9.17, 15) is 0 Å². The van der Waals surface area contributed by atoms with Crippen molar-refractivity contribution in [3.63, 3.8) is 0 Å². The maximum atomic E-state index is 8.73. The number of thioether (sulfide) groups is 1. The number of nitriles is 1. The molecule has 1 aromatic rings. The fraction of sp³-hybridized carbons (Fsp3) is 0.571. The number of anilines is 1. The van der Waals surface area contributed by atoms with Gasteiger partial charge in [-0.3, -0.25) is 0 Å². The second-order valence-corrected chi connectivity index (χ2v) is 6.12. The van der Waals surface area contributed by atoms with E-state index in [4.69, 9.17) is 5.26 Å². The highest BCUT2D eigenvalue weighted by Gasteiger charge is 2.30. The van der Waals surface area contributed by atoms with E-state index < -0.39 is 0 Å². The Morgan fingerprint density at radius 3 is 2.72 bits per heavy atom. The van der Waals surface area contributed by atoms with Gasteiger partial charge in [0.15, 0.2) is 0 Å². The maximum absolute atomic E-state index is 8.73. The van der Waals surface area contributed by atoms with Crippen LogP contribution in [-0.2, 0) is 0 Å². The molecule has 1 N–H and O–H groups in total. The molecule has 0 amide bonds. The molecule has 1 saturated carbocycles. The molecule has 1 aliphatic rings. The molecule has 1 fully saturated rings. The van der Waals surface area contributed by atoms with Crippen LogP contribution in [0.4, 0.5) is 5.82 Å². The van der Waals surface area contributed by atoms with Gasteiger partial charge in [-0.1, -0.05) is 19.3 Å². The summed E-state index contributed by atoms with van der Waals surface area (Å²) in [6.45, 7) is 0.965. The van der Waals surface area contributed by atoms with Gasteiger partial charge in [0.2, 0.25) is 0 Å². The topological polar surface area (TPSA) is 48.7 Å². The first-order chi connectivity index (χ1) is 8.78. The van der Waals surface area contributed by atoms with Gasteiger partial charge in [-0.05, 0) is 31.2 Å². The van der Waals surface area contributed by atoms with Gasteiger partial charge in [0.05, 0.1) is 5.56 Å². The van der Waals surface area contributed by atoms with Crippen molar-refractivity contribution in [2.75, 3.05) is 18.1 Å². The molecule has 0 aromatic carbocycles. The zero-order valence-corrected chi connectivity index (χ0v) is 11.6. The second kappa shape index (κ2) is 6.10. The summed E-state index contributed by atoms with van der Waals surface area (Å²) in [7, 11) is 0. The Kier molecular flexibility index (Phi) is 4.48. The van der Waals surface area contributed by atoms with Crippen LogP contribution in [0.5, 0.6) is 0 Å². The molecule has 96 valence electrons. The van der Waals surface area contributed by atoms with E-state index >= 15 is 0 Å². The summed E-state index contributed by atoms with van der Waals surface area (Å²) in [5.74, 6) is 0.869. The van der Waals surface area contributed by atoms with E-state index in [0.717, 1.165) is 12.4 Å². The van der Waals surface area contributed by atoms with E-state index in [1.54, 1.807) is 6.20 Å². The van der Waals surface area contributed by atoms with Crippen molar-refractivity contribution in [3.8, 4) is 6.07 Å². The molecule has 0 saturated heterocycles. The molecule has 0 bridgehead atoms. The predicted molar refractivity (Wildman–Crippen MR) is 76.8 cm³/mol. The standard InChI is InChI=1S/C14H19N3S/c1-18-14(7-3-2-4-8-14)11-17-13-6-5-12(9-15)10-16-13/h5-6,10H,2-4,7-8,11H2,1H3,(H,16,17). The lowest BCUT2D eigenvalue weighted by Gasteiger charge is -2.36.